The Bertz CT molecular complexity index is 322. The fraction of sp³-hybridized carbons (Fsp3) is 0.842. The van der Waals surface area contributed by atoms with Gasteiger partial charge in [0.1, 0.15) is 0 Å². The summed E-state index contributed by atoms with van der Waals surface area (Å²) < 4.78 is 0. The van der Waals surface area contributed by atoms with Gasteiger partial charge in [-0.25, -0.2) is 0 Å². The van der Waals surface area contributed by atoms with Gasteiger partial charge in [0.05, 0.1) is 6.07 Å². The number of nitrogens with zero attached hydrogens (tertiary/aromatic N) is 1. The SMILES string of the molecule is C/C=C/CC1CCC(CCC2CCC(C#N)CC2)CC1. The van der Waals surface area contributed by atoms with Crippen molar-refractivity contribution in [2.45, 2.75) is 77.6 Å². The first-order valence-corrected chi connectivity index (χ1v) is 8.82. The van der Waals surface area contributed by atoms with E-state index >= 15 is 0 Å². The molecule has 2 aliphatic rings. The molecule has 2 saturated carbocycles. The molecule has 112 valence electrons. The Hall–Kier alpha value is -0.770. The maximum Gasteiger partial charge on any atom is 0.0655 e. The van der Waals surface area contributed by atoms with Gasteiger partial charge in [0.2, 0.25) is 0 Å². The lowest BCUT2D eigenvalue weighted by molar-refractivity contribution is 0.228. The van der Waals surface area contributed by atoms with Crippen molar-refractivity contribution in [2.75, 3.05) is 0 Å². The molecule has 0 spiro atoms. The standard InChI is InChI=1S/C19H31N/c1-2-3-4-16-5-7-17(8-6-16)9-10-18-11-13-19(15-20)14-12-18/h2-3,16-19H,4-14H2,1H3/b3-2+. The largest absolute Gasteiger partial charge is 0.198 e. The first-order valence-electron chi connectivity index (χ1n) is 8.82. The van der Waals surface area contributed by atoms with Gasteiger partial charge >= 0.3 is 0 Å². The lowest BCUT2D eigenvalue weighted by Gasteiger charge is -2.30. The third kappa shape index (κ3) is 4.97. The topological polar surface area (TPSA) is 23.8 Å². The number of rotatable bonds is 5. The molecule has 2 aliphatic carbocycles. The van der Waals surface area contributed by atoms with Crippen LogP contribution in [0.4, 0.5) is 0 Å². The van der Waals surface area contributed by atoms with Crippen LogP contribution in [0.2, 0.25) is 0 Å². The predicted octanol–water partition coefficient (Wildman–Crippen LogP) is 5.87. The third-order valence-corrected chi connectivity index (χ3v) is 5.68. The quantitative estimate of drug-likeness (QED) is 0.575. The summed E-state index contributed by atoms with van der Waals surface area (Å²) in [7, 11) is 0. The van der Waals surface area contributed by atoms with Gasteiger partial charge in [0, 0.05) is 5.92 Å². The first-order chi connectivity index (χ1) is 9.81. The van der Waals surface area contributed by atoms with E-state index in [-0.39, 0.29) is 0 Å². The van der Waals surface area contributed by atoms with Gasteiger partial charge in [0.25, 0.3) is 0 Å². The van der Waals surface area contributed by atoms with Crippen molar-refractivity contribution < 1.29 is 0 Å². The summed E-state index contributed by atoms with van der Waals surface area (Å²) in [6.45, 7) is 2.13. The second-order valence-corrected chi connectivity index (χ2v) is 7.12. The van der Waals surface area contributed by atoms with E-state index in [1.807, 2.05) is 0 Å². The average Bonchev–Trinajstić information content (AvgIpc) is 2.52. The van der Waals surface area contributed by atoms with E-state index in [1.54, 1.807) is 0 Å². The van der Waals surface area contributed by atoms with Crippen LogP contribution in [0.1, 0.15) is 77.6 Å². The van der Waals surface area contributed by atoms with Crippen molar-refractivity contribution in [2.24, 2.45) is 23.7 Å². The Balaban J connectivity index is 1.58. The van der Waals surface area contributed by atoms with Crippen LogP contribution in [0.5, 0.6) is 0 Å². The minimum Gasteiger partial charge on any atom is -0.198 e. The zero-order valence-electron chi connectivity index (χ0n) is 13.2. The summed E-state index contributed by atoms with van der Waals surface area (Å²) in [6.07, 6.45) is 19.5. The Morgan fingerprint density at radius 1 is 0.850 bits per heavy atom. The van der Waals surface area contributed by atoms with Crippen LogP contribution in [-0.2, 0) is 0 Å². The molecule has 1 heteroatoms. The molecule has 0 atom stereocenters. The van der Waals surface area contributed by atoms with E-state index in [2.05, 4.69) is 25.1 Å². The summed E-state index contributed by atoms with van der Waals surface area (Å²) in [4.78, 5) is 0. The molecule has 2 rings (SSSR count). The minimum atomic E-state index is 0.369. The Morgan fingerprint density at radius 2 is 1.35 bits per heavy atom. The molecule has 0 heterocycles. The van der Waals surface area contributed by atoms with E-state index in [1.165, 1.54) is 57.8 Å². The van der Waals surface area contributed by atoms with Crippen molar-refractivity contribution in [3.8, 4) is 6.07 Å². The first kappa shape index (κ1) is 15.6. The number of nitriles is 1. The summed E-state index contributed by atoms with van der Waals surface area (Å²) >= 11 is 0. The fourth-order valence-corrected chi connectivity index (χ4v) is 4.14. The lowest BCUT2D eigenvalue weighted by atomic mass is 9.75. The maximum atomic E-state index is 8.94. The molecule has 20 heavy (non-hydrogen) atoms. The van der Waals surface area contributed by atoms with Crippen molar-refractivity contribution in [1.29, 1.82) is 5.26 Å². The van der Waals surface area contributed by atoms with Crippen molar-refractivity contribution >= 4 is 0 Å². The molecule has 0 N–H and O–H groups in total. The highest BCUT2D eigenvalue weighted by Crippen LogP contribution is 2.37. The number of hydrogen-bond donors (Lipinski definition) is 0. The highest BCUT2D eigenvalue weighted by Gasteiger charge is 2.24. The highest BCUT2D eigenvalue weighted by atomic mass is 14.3. The highest BCUT2D eigenvalue weighted by molar-refractivity contribution is 4.87. The maximum absolute atomic E-state index is 8.94. The van der Waals surface area contributed by atoms with Gasteiger partial charge in [0.15, 0.2) is 0 Å². The zero-order valence-corrected chi connectivity index (χ0v) is 13.2. The number of hydrogen-bond acceptors (Lipinski definition) is 1. The van der Waals surface area contributed by atoms with Crippen LogP contribution in [0.15, 0.2) is 12.2 Å². The normalized spacial score (nSPS) is 35.0. The van der Waals surface area contributed by atoms with Gasteiger partial charge < -0.3 is 0 Å². The molecular weight excluding hydrogens is 242 g/mol. The van der Waals surface area contributed by atoms with E-state index in [0.29, 0.717) is 5.92 Å². The van der Waals surface area contributed by atoms with Gasteiger partial charge in [-0.05, 0) is 69.6 Å². The number of allylic oxidation sites excluding steroid dienone is 2. The predicted molar refractivity (Wildman–Crippen MR) is 85.2 cm³/mol. The molecule has 0 aliphatic heterocycles. The smallest absolute Gasteiger partial charge is 0.0655 e. The molecule has 0 saturated heterocycles. The fourth-order valence-electron chi connectivity index (χ4n) is 4.14. The van der Waals surface area contributed by atoms with E-state index in [9.17, 15) is 0 Å². The summed E-state index contributed by atoms with van der Waals surface area (Å²) in [5.74, 6) is 3.27. The molecule has 2 fully saturated rings. The molecule has 0 aromatic heterocycles. The monoisotopic (exact) mass is 273 g/mol. The molecule has 0 aromatic rings. The molecule has 0 radical (unpaired) electrons. The molecule has 0 unspecified atom stereocenters. The van der Waals surface area contributed by atoms with E-state index in [4.69, 9.17) is 5.26 Å². The zero-order chi connectivity index (χ0) is 14.2. The second kappa shape index (κ2) is 8.50. The third-order valence-electron chi connectivity index (χ3n) is 5.68. The van der Waals surface area contributed by atoms with Crippen LogP contribution in [0, 0.1) is 35.0 Å². The summed E-state index contributed by atoms with van der Waals surface area (Å²) in [6, 6.07) is 2.45. The van der Waals surface area contributed by atoms with Crippen molar-refractivity contribution in [3.63, 3.8) is 0 Å². The summed E-state index contributed by atoms with van der Waals surface area (Å²) in [5, 5.41) is 8.94. The van der Waals surface area contributed by atoms with E-state index in [0.717, 1.165) is 30.6 Å². The van der Waals surface area contributed by atoms with Gasteiger partial charge in [-0.2, -0.15) is 5.26 Å². The summed E-state index contributed by atoms with van der Waals surface area (Å²) in [5.41, 5.74) is 0. The molecule has 0 amide bonds. The Labute approximate surface area is 125 Å². The Morgan fingerprint density at radius 3 is 1.85 bits per heavy atom. The van der Waals surface area contributed by atoms with E-state index < -0.39 is 0 Å². The van der Waals surface area contributed by atoms with Crippen LogP contribution < -0.4 is 0 Å². The Kier molecular flexibility index (Phi) is 6.64. The van der Waals surface area contributed by atoms with Crippen molar-refractivity contribution in [3.05, 3.63) is 12.2 Å². The van der Waals surface area contributed by atoms with Gasteiger partial charge in [-0.1, -0.05) is 37.8 Å². The second-order valence-electron chi connectivity index (χ2n) is 7.12. The average molecular weight is 273 g/mol. The van der Waals surface area contributed by atoms with Crippen LogP contribution in [0.3, 0.4) is 0 Å². The van der Waals surface area contributed by atoms with Crippen LogP contribution in [-0.4, -0.2) is 0 Å². The molecule has 0 aromatic carbocycles. The molecular formula is C19H31N. The van der Waals surface area contributed by atoms with Crippen LogP contribution in [0.25, 0.3) is 0 Å². The molecule has 1 nitrogen and oxygen atoms in total. The van der Waals surface area contributed by atoms with Crippen LogP contribution >= 0.6 is 0 Å². The molecule has 0 bridgehead atoms. The van der Waals surface area contributed by atoms with Crippen molar-refractivity contribution in [1.82, 2.24) is 0 Å². The van der Waals surface area contributed by atoms with Gasteiger partial charge in [-0.3, -0.25) is 0 Å². The van der Waals surface area contributed by atoms with Gasteiger partial charge in [-0.15, -0.1) is 0 Å². The minimum absolute atomic E-state index is 0.369. The lowest BCUT2D eigenvalue weighted by Crippen LogP contribution is -2.17.